The Morgan fingerprint density at radius 3 is 2.55 bits per heavy atom. The number of thiocarbonyl (C=S) groups is 1. The lowest BCUT2D eigenvalue weighted by Gasteiger charge is -2.13. The van der Waals surface area contributed by atoms with Crippen molar-refractivity contribution in [2.24, 2.45) is 0 Å². The molecule has 1 aliphatic heterocycles. The van der Waals surface area contributed by atoms with Gasteiger partial charge in [-0.05, 0) is 37.6 Å². The first-order valence-corrected chi connectivity index (χ1v) is 12.7. The Bertz CT molecular complexity index is 1410. The van der Waals surface area contributed by atoms with E-state index in [9.17, 15) is 18.0 Å². The van der Waals surface area contributed by atoms with Crippen LogP contribution in [-0.4, -0.2) is 45.1 Å². The van der Waals surface area contributed by atoms with E-state index in [1.165, 1.54) is 15.1 Å². The molecule has 1 saturated heterocycles. The molecule has 0 saturated carbocycles. The van der Waals surface area contributed by atoms with Gasteiger partial charge in [0.2, 0.25) is 0 Å². The van der Waals surface area contributed by atoms with Crippen LogP contribution in [0.4, 0.5) is 0 Å². The van der Waals surface area contributed by atoms with E-state index in [1.54, 1.807) is 54.6 Å². The van der Waals surface area contributed by atoms with Crippen molar-refractivity contribution in [1.29, 1.82) is 0 Å². The fraction of sp³-hybridized carbons (Fsp3) is 0.174. The molecule has 1 amide bonds. The smallest absolute Gasteiger partial charge is 0.303 e. The number of hydrogen-bond acceptors (Lipinski definition) is 6. The van der Waals surface area contributed by atoms with Crippen molar-refractivity contribution < 1.29 is 23.1 Å². The van der Waals surface area contributed by atoms with E-state index in [4.69, 9.17) is 17.3 Å². The van der Waals surface area contributed by atoms with Crippen LogP contribution in [0.5, 0.6) is 0 Å². The number of nitrogens with zero attached hydrogens (tertiary/aromatic N) is 2. The first-order valence-electron chi connectivity index (χ1n) is 10.1. The van der Waals surface area contributed by atoms with Gasteiger partial charge < -0.3 is 5.11 Å². The summed E-state index contributed by atoms with van der Waals surface area (Å²) in [6, 6.07) is 13.7. The summed E-state index contributed by atoms with van der Waals surface area (Å²) in [6.45, 7) is 2.11. The average Bonchev–Trinajstić information content (AvgIpc) is 3.27. The number of carboxylic acids is 1. The molecule has 1 aromatic heterocycles. The molecule has 1 fully saturated rings. The van der Waals surface area contributed by atoms with Crippen molar-refractivity contribution in [1.82, 2.24) is 8.87 Å². The number of amides is 1. The molecule has 2 aromatic carbocycles. The van der Waals surface area contributed by atoms with Crippen molar-refractivity contribution >= 4 is 67.2 Å². The Hall–Kier alpha value is -2.95. The second-order valence-corrected chi connectivity index (χ2v) is 11.0. The third kappa shape index (κ3) is 4.59. The molecular formula is C23H20N2O5S3. The Morgan fingerprint density at radius 1 is 1.15 bits per heavy atom. The van der Waals surface area contributed by atoms with Crippen LogP contribution in [0.2, 0.25) is 0 Å². The summed E-state index contributed by atoms with van der Waals surface area (Å²) in [5.41, 5.74) is 2.03. The molecular weight excluding hydrogens is 480 g/mol. The fourth-order valence-electron chi connectivity index (χ4n) is 3.54. The zero-order chi connectivity index (χ0) is 23.8. The van der Waals surface area contributed by atoms with E-state index in [0.29, 0.717) is 32.1 Å². The zero-order valence-electron chi connectivity index (χ0n) is 17.6. The Labute approximate surface area is 200 Å². The highest BCUT2D eigenvalue weighted by Gasteiger charge is 2.32. The molecule has 3 aromatic rings. The number of carbonyl (C=O) groups is 2. The maximum Gasteiger partial charge on any atom is 0.303 e. The first kappa shape index (κ1) is 23.2. The summed E-state index contributed by atoms with van der Waals surface area (Å²) in [7, 11) is -3.85. The quantitative estimate of drug-likeness (QED) is 0.383. The van der Waals surface area contributed by atoms with E-state index >= 15 is 0 Å². The normalized spacial score (nSPS) is 15.7. The minimum atomic E-state index is -3.85. The molecule has 0 radical (unpaired) electrons. The van der Waals surface area contributed by atoms with Gasteiger partial charge in [-0.3, -0.25) is 14.5 Å². The fourth-order valence-corrected chi connectivity index (χ4v) is 6.21. The van der Waals surface area contributed by atoms with Crippen LogP contribution >= 0.6 is 24.0 Å². The number of carboxylic acid groups (broad SMARTS) is 1. The molecule has 2 heterocycles. The number of rotatable bonds is 7. The summed E-state index contributed by atoms with van der Waals surface area (Å²) in [5, 5.41) is 9.51. The lowest BCUT2D eigenvalue weighted by Crippen LogP contribution is -2.29. The van der Waals surface area contributed by atoms with Crippen LogP contribution in [0, 0.1) is 6.92 Å². The molecule has 33 heavy (non-hydrogen) atoms. The number of aromatic nitrogens is 1. The van der Waals surface area contributed by atoms with Crippen molar-refractivity contribution in [3.63, 3.8) is 0 Å². The highest BCUT2D eigenvalue weighted by Crippen LogP contribution is 2.35. The van der Waals surface area contributed by atoms with E-state index in [0.717, 1.165) is 17.3 Å². The monoisotopic (exact) mass is 500 g/mol. The molecule has 4 rings (SSSR count). The molecule has 0 spiro atoms. The second kappa shape index (κ2) is 9.12. The standard InChI is InChI=1S/C23H20N2O5S3/c1-15-8-10-17(11-9-15)33(29,30)25-14-16(18-5-2-3-6-19(18)25)13-20-22(28)24(23(31)32-20)12-4-7-21(26)27/h2-3,5-6,8-11,13-14H,4,7,12H2,1H3,(H,26,27). The van der Waals surface area contributed by atoms with Crippen molar-refractivity contribution in [3.8, 4) is 0 Å². The van der Waals surface area contributed by atoms with Crippen LogP contribution in [0.15, 0.2) is 64.5 Å². The van der Waals surface area contributed by atoms with Gasteiger partial charge in [0, 0.05) is 30.1 Å². The third-order valence-electron chi connectivity index (χ3n) is 5.22. The van der Waals surface area contributed by atoms with Gasteiger partial charge in [-0.25, -0.2) is 12.4 Å². The third-order valence-corrected chi connectivity index (χ3v) is 8.28. The Kier molecular flexibility index (Phi) is 6.42. The van der Waals surface area contributed by atoms with Crippen LogP contribution in [-0.2, 0) is 19.6 Å². The maximum absolute atomic E-state index is 13.3. The van der Waals surface area contributed by atoms with Crippen molar-refractivity contribution in [2.75, 3.05) is 6.54 Å². The van der Waals surface area contributed by atoms with Crippen molar-refractivity contribution in [2.45, 2.75) is 24.7 Å². The van der Waals surface area contributed by atoms with Gasteiger partial charge in [0.1, 0.15) is 4.32 Å². The lowest BCUT2D eigenvalue weighted by atomic mass is 10.1. The highest BCUT2D eigenvalue weighted by atomic mass is 32.2. The van der Waals surface area contributed by atoms with Gasteiger partial charge in [-0.15, -0.1) is 0 Å². The average molecular weight is 501 g/mol. The Morgan fingerprint density at radius 2 is 1.85 bits per heavy atom. The topological polar surface area (TPSA) is 96.7 Å². The highest BCUT2D eigenvalue weighted by molar-refractivity contribution is 8.26. The molecule has 7 nitrogen and oxygen atoms in total. The molecule has 0 unspecified atom stereocenters. The molecule has 1 N–H and O–H groups in total. The summed E-state index contributed by atoms with van der Waals surface area (Å²) >= 11 is 6.42. The molecule has 10 heteroatoms. The molecule has 1 aliphatic rings. The summed E-state index contributed by atoms with van der Waals surface area (Å²) < 4.78 is 28.3. The van der Waals surface area contributed by atoms with E-state index in [2.05, 4.69) is 0 Å². The van der Waals surface area contributed by atoms with Crippen LogP contribution < -0.4 is 0 Å². The van der Waals surface area contributed by atoms with E-state index < -0.39 is 16.0 Å². The van der Waals surface area contributed by atoms with Gasteiger partial charge in [0.05, 0.1) is 15.3 Å². The number of aliphatic carboxylic acids is 1. The van der Waals surface area contributed by atoms with Crippen molar-refractivity contribution in [3.05, 3.63) is 70.8 Å². The predicted molar refractivity (Wildman–Crippen MR) is 132 cm³/mol. The zero-order valence-corrected chi connectivity index (χ0v) is 20.0. The first-order chi connectivity index (χ1) is 15.7. The van der Waals surface area contributed by atoms with Gasteiger partial charge in [-0.2, -0.15) is 0 Å². The second-order valence-electron chi connectivity index (χ2n) is 7.55. The van der Waals surface area contributed by atoms with Crippen LogP contribution in [0.3, 0.4) is 0 Å². The Balaban J connectivity index is 1.72. The molecule has 170 valence electrons. The minimum absolute atomic E-state index is 0.0551. The van der Waals surface area contributed by atoms with Gasteiger partial charge in [0.15, 0.2) is 0 Å². The molecule has 0 bridgehead atoms. The number of para-hydroxylation sites is 1. The number of benzene rings is 2. The van der Waals surface area contributed by atoms with Gasteiger partial charge >= 0.3 is 5.97 Å². The van der Waals surface area contributed by atoms with Gasteiger partial charge in [-0.1, -0.05) is 59.9 Å². The van der Waals surface area contributed by atoms with Crippen LogP contribution in [0.25, 0.3) is 17.0 Å². The number of carbonyl (C=O) groups excluding carboxylic acids is 1. The maximum atomic E-state index is 13.3. The number of hydrogen-bond donors (Lipinski definition) is 1. The largest absolute Gasteiger partial charge is 0.481 e. The predicted octanol–water partition coefficient (Wildman–Crippen LogP) is 4.25. The number of aryl methyl sites for hydroxylation is 1. The lowest BCUT2D eigenvalue weighted by molar-refractivity contribution is -0.137. The van der Waals surface area contributed by atoms with Gasteiger partial charge in [0.25, 0.3) is 15.9 Å². The number of thioether (sulfide) groups is 1. The van der Waals surface area contributed by atoms with E-state index in [-0.39, 0.29) is 23.8 Å². The minimum Gasteiger partial charge on any atom is -0.481 e. The number of fused-ring (bicyclic) bond motifs is 1. The SMILES string of the molecule is Cc1ccc(S(=O)(=O)n2cc(C=C3SC(=S)N(CCCC(=O)O)C3=O)c3ccccc32)cc1. The molecule has 0 aliphatic carbocycles. The van der Waals surface area contributed by atoms with E-state index in [1.807, 2.05) is 6.92 Å². The van der Waals surface area contributed by atoms with Crippen LogP contribution in [0.1, 0.15) is 24.0 Å². The summed E-state index contributed by atoms with van der Waals surface area (Å²) in [4.78, 5) is 25.6. The summed E-state index contributed by atoms with van der Waals surface area (Å²) in [5.74, 6) is -1.24. The molecule has 0 atom stereocenters. The summed E-state index contributed by atoms with van der Waals surface area (Å²) in [6.07, 6.45) is 3.39.